The molecule has 1 aliphatic heterocycles. The first-order chi connectivity index (χ1) is 9.47. The third-order valence-electron chi connectivity index (χ3n) is 3.31. The van der Waals surface area contributed by atoms with Crippen LogP contribution in [0.2, 0.25) is 0 Å². The van der Waals surface area contributed by atoms with Crippen molar-refractivity contribution in [3.8, 4) is 0 Å². The molecule has 1 amide bonds. The summed E-state index contributed by atoms with van der Waals surface area (Å²) in [5, 5.41) is 2.84. The summed E-state index contributed by atoms with van der Waals surface area (Å²) in [5.74, 6) is -1.28. The predicted molar refractivity (Wildman–Crippen MR) is 87.9 cm³/mol. The molecule has 2 unspecified atom stereocenters. The smallest absolute Gasteiger partial charge is 0.221 e. The SMILES string of the molecule is CC(N)CC(=O)NC1CCN(c2c(F)cccc2F)C1.Cl.Cl. The van der Waals surface area contributed by atoms with Gasteiger partial charge in [0.1, 0.15) is 17.3 Å². The highest BCUT2D eigenvalue weighted by molar-refractivity contribution is 5.85. The maximum Gasteiger partial charge on any atom is 0.221 e. The Morgan fingerprint density at radius 2 is 2.00 bits per heavy atom. The van der Waals surface area contributed by atoms with Gasteiger partial charge in [0.25, 0.3) is 0 Å². The van der Waals surface area contributed by atoms with E-state index in [0.29, 0.717) is 19.5 Å². The first-order valence-electron chi connectivity index (χ1n) is 6.71. The minimum absolute atomic E-state index is 0. The van der Waals surface area contributed by atoms with Crippen LogP contribution >= 0.6 is 24.8 Å². The van der Waals surface area contributed by atoms with Gasteiger partial charge >= 0.3 is 0 Å². The zero-order valence-electron chi connectivity index (χ0n) is 12.2. The number of amides is 1. The molecule has 22 heavy (non-hydrogen) atoms. The van der Waals surface area contributed by atoms with Crippen molar-refractivity contribution in [3.63, 3.8) is 0 Å². The Bertz CT molecular complexity index is 483. The van der Waals surface area contributed by atoms with Gasteiger partial charge in [-0.1, -0.05) is 6.07 Å². The number of benzene rings is 1. The lowest BCUT2D eigenvalue weighted by Gasteiger charge is -2.20. The Labute approximate surface area is 141 Å². The van der Waals surface area contributed by atoms with Gasteiger partial charge in [0.05, 0.1) is 0 Å². The lowest BCUT2D eigenvalue weighted by molar-refractivity contribution is -0.121. The van der Waals surface area contributed by atoms with Crippen LogP contribution in [0.5, 0.6) is 0 Å². The van der Waals surface area contributed by atoms with Crippen LogP contribution in [0.15, 0.2) is 18.2 Å². The Balaban J connectivity index is 0.00000220. The number of hydrogen-bond donors (Lipinski definition) is 2. The summed E-state index contributed by atoms with van der Waals surface area (Å²) in [6.07, 6.45) is 0.920. The number of carbonyl (C=O) groups is 1. The number of halogens is 4. The Hall–Kier alpha value is -1.11. The van der Waals surface area contributed by atoms with E-state index < -0.39 is 11.6 Å². The lowest BCUT2D eigenvalue weighted by Crippen LogP contribution is -2.39. The predicted octanol–water partition coefficient (Wildman–Crippen LogP) is 2.24. The van der Waals surface area contributed by atoms with Gasteiger partial charge in [0, 0.05) is 31.6 Å². The monoisotopic (exact) mass is 355 g/mol. The summed E-state index contributed by atoms with van der Waals surface area (Å²) in [6, 6.07) is 3.52. The van der Waals surface area contributed by atoms with Crippen molar-refractivity contribution in [2.75, 3.05) is 18.0 Å². The molecule has 0 saturated carbocycles. The van der Waals surface area contributed by atoms with E-state index in [0.717, 1.165) is 0 Å². The zero-order chi connectivity index (χ0) is 14.7. The molecule has 0 bridgehead atoms. The highest BCUT2D eigenvalue weighted by Crippen LogP contribution is 2.26. The fourth-order valence-corrected chi connectivity index (χ4v) is 2.45. The van der Waals surface area contributed by atoms with E-state index in [2.05, 4.69) is 5.32 Å². The van der Waals surface area contributed by atoms with E-state index in [1.807, 2.05) is 0 Å². The molecular formula is C14H21Cl2F2N3O. The molecular weight excluding hydrogens is 335 g/mol. The van der Waals surface area contributed by atoms with Gasteiger partial charge in [-0.3, -0.25) is 4.79 Å². The van der Waals surface area contributed by atoms with Crippen LogP contribution in [-0.2, 0) is 4.79 Å². The molecule has 2 atom stereocenters. The van der Waals surface area contributed by atoms with Crippen LogP contribution in [0.3, 0.4) is 0 Å². The molecule has 0 aliphatic carbocycles. The second-order valence-corrected chi connectivity index (χ2v) is 5.25. The number of rotatable bonds is 4. The van der Waals surface area contributed by atoms with Gasteiger partial charge < -0.3 is 16.0 Å². The topological polar surface area (TPSA) is 58.4 Å². The van der Waals surface area contributed by atoms with Gasteiger partial charge in [0.15, 0.2) is 0 Å². The van der Waals surface area contributed by atoms with E-state index in [-0.39, 0.29) is 54.9 Å². The third kappa shape index (κ3) is 5.26. The van der Waals surface area contributed by atoms with Crippen LogP contribution in [0.25, 0.3) is 0 Å². The quantitative estimate of drug-likeness (QED) is 0.870. The molecule has 1 aromatic carbocycles. The number of para-hydroxylation sites is 1. The number of nitrogens with zero attached hydrogens (tertiary/aromatic N) is 1. The summed E-state index contributed by atoms with van der Waals surface area (Å²) in [5.41, 5.74) is 5.54. The average Bonchev–Trinajstić information content (AvgIpc) is 2.75. The second-order valence-electron chi connectivity index (χ2n) is 5.25. The highest BCUT2D eigenvalue weighted by Gasteiger charge is 2.27. The minimum Gasteiger partial charge on any atom is -0.365 e. The Morgan fingerprint density at radius 3 is 2.55 bits per heavy atom. The summed E-state index contributed by atoms with van der Waals surface area (Å²) >= 11 is 0. The van der Waals surface area contributed by atoms with Gasteiger partial charge in [-0.2, -0.15) is 0 Å². The molecule has 0 spiro atoms. The highest BCUT2D eigenvalue weighted by atomic mass is 35.5. The van der Waals surface area contributed by atoms with E-state index in [4.69, 9.17) is 5.73 Å². The van der Waals surface area contributed by atoms with Crippen LogP contribution in [0, 0.1) is 11.6 Å². The van der Waals surface area contributed by atoms with Crippen molar-refractivity contribution in [1.29, 1.82) is 0 Å². The molecule has 2 rings (SSSR count). The standard InChI is InChI=1S/C14H19F2N3O.2ClH/c1-9(17)7-13(20)18-10-5-6-19(8-10)14-11(15)3-2-4-12(14)16;;/h2-4,9-10H,5-8,17H2,1H3,(H,18,20);2*1H. The maximum atomic E-state index is 13.7. The Morgan fingerprint density at radius 1 is 1.41 bits per heavy atom. The molecule has 1 heterocycles. The largest absolute Gasteiger partial charge is 0.365 e. The molecule has 1 aliphatic rings. The number of anilines is 1. The van der Waals surface area contributed by atoms with Crippen molar-refractivity contribution < 1.29 is 13.6 Å². The summed E-state index contributed by atoms with van der Waals surface area (Å²) in [6.45, 7) is 2.68. The van der Waals surface area contributed by atoms with E-state index >= 15 is 0 Å². The fraction of sp³-hybridized carbons (Fsp3) is 0.500. The first-order valence-corrected chi connectivity index (χ1v) is 6.71. The van der Waals surface area contributed by atoms with Gasteiger partial charge in [-0.25, -0.2) is 8.78 Å². The first kappa shape index (κ1) is 20.9. The molecule has 0 aromatic heterocycles. The summed E-state index contributed by atoms with van der Waals surface area (Å²) in [4.78, 5) is 13.3. The third-order valence-corrected chi connectivity index (χ3v) is 3.31. The van der Waals surface area contributed by atoms with Gasteiger partial charge in [-0.15, -0.1) is 24.8 Å². The molecule has 3 N–H and O–H groups in total. The number of nitrogens with one attached hydrogen (secondary N) is 1. The van der Waals surface area contributed by atoms with Crippen molar-refractivity contribution in [2.24, 2.45) is 5.73 Å². The normalized spacial score (nSPS) is 18.2. The van der Waals surface area contributed by atoms with Crippen molar-refractivity contribution in [3.05, 3.63) is 29.8 Å². The van der Waals surface area contributed by atoms with Gasteiger partial charge in [-0.05, 0) is 25.5 Å². The van der Waals surface area contributed by atoms with Crippen molar-refractivity contribution >= 4 is 36.4 Å². The second kappa shape index (κ2) is 9.12. The van der Waals surface area contributed by atoms with E-state index in [9.17, 15) is 13.6 Å². The van der Waals surface area contributed by atoms with Crippen LogP contribution < -0.4 is 16.0 Å². The molecule has 1 fully saturated rings. The maximum absolute atomic E-state index is 13.7. The molecule has 1 saturated heterocycles. The van der Waals surface area contributed by atoms with Crippen LogP contribution in [0.1, 0.15) is 19.8 Å². The molecule has 1 aromatic rings. The Kier molecular flexibility index (Phi) is 8.66. The molecule has 0 radical (unpaired) electrons. The number of hydrogen-bond acceptors (Lipinski definition) is 3. The molecule has 8 heteroatoms. The average molecular weight is 356 g/mol. The van der Waals surface area contributed by atoms with Crippen LogP contribution in [-0.4, -0.2) is 31.1 Å². The lowest BCUT2D eigenvalue weighted by atomic mass is 10.2. The number of carbonyl (C=O) groups excluding carboxylic acids is 1. The molecule has 126 valence electrons. The number of nitrogens with two attached hydrogens (primary N) is 1. The molecule has 4 nitrogen and oxygen atoms in total. The fourth-order valence-electron chi connectivity index (χ4n) is 2.45. The minimum atomic E-state index is -0.576. The van der Waals surface area contributed by atoms with Crippen molar-refractivity contribution in [2.45, 2.75) is 31.8 Å². The zero-order valence-corrected chi connectivity index (χ0v) is 13.9. The van der Waals surface area contributed by atoms with E-state index in [1.165, 1.54) is 18.2 Å². The van der Waals surface area contributed by atoms with Crippen molar-refractivity contribution in [1.82, 2.24) is 5.32 Å². The summed E-state index contributed by atoms with van der Waals surface area (Å²) < 4.78 is 27.4. The summed E-state index contributed by atoms with van der Waals surface area (Å²) in [7, 11) is 0. The van der Waals surface area contributed by atoms with Crippen LogP contribution in [0.4, 0.5) is 14.5 Å². The van der Waals surface area contributed by atoms with E-state index in [1.54, 1.807) is 11.8 Å². The van der Waals surface area contributed by atoms with Gasteiger partial charge in [0.2, 0.25) is 5.91 Å².